The first-order valence-corrected chi connectivity index (χ1v) is 11.8. The van der Waals surface area contributed by atoms with Crippen LogP contribution in [0.4, 0.5) is 9.59 Å². The number of benzene rings is 1. The molecule has 0 unspecified atom stereocenters. The van der Waals surface area contributed by atoms with Gasteiger partial charge in [0.2, 0.25) is 0 Å². The van der Waals surface area contributed by atoms with E-state index in [1.54, 1.807) is 53.7 Å². The van der Waals surface area contributed by atoms with Crippen LogP contribution in [-0.4, -0.2) is 30.1 Å². The Hall–Kier alpha value is -3.81. The van der Waals surface area contributed by atoms with E-state index in [0.717, 1.165) is 5.56 Å². The van der Waals surface area contributed by atoms with Crippen LogP contribution in [0.15, 0.2) is 77.2 Å². The van der Waals surface area contributed by atoms with Gasteiger partial charge in [0.05, 0.1) is 6.54 Å². The average molecular weight is 500 g/mol. The fraction of sp³-hybridized carbons (Fsp3) is 0.393. The number of hydrogen-bond donors (Lipinski definition) is 3. The summed E-state index contributed by atoms with van der Waals surface area (Å²) in [5, 5.41) is 5.17. The van der Waals surface area contributed by atoms with Crippen molar-refractivity contribution >= 4 is 18.0 Å². The van der Waals surface area contributed by atoms with Gasteiger partial charge in [0, 0.05) is 17.0 Å². The molecule has 0 atom stereocenters. The second kappa shape index (κ2) is 16.0. The maximum absolute atomic E-state index is 12.9. The molecule has 0 spiro atoms. The van der Waals surface area contributed by atoms with E-state index in [0.29, 0.717) is 16.8 Å². The van der Waals surface area contributed by atoms with Gasteiger partial charge in [0.25, 0.3) is 0 Å². The average Bonchev–Trinajstić information content (AvgIpc) is 2.80. The summed E-state index contributed by atoms with van der Waals surface area (Å²) in [7, 11) is 0. The fourth-order valence-corrected chi connectivity index (χ4v) is 2.56. The van der Waals surface area contributed by atoms with Gasteiger partial charge < -0.3 is 20.5 Å². The maximum atomic E-state index is 12.9. The van der Waals surface area contributed by atoms with Crippen molar-refractivity contribution in [1.29, 1.82) is 0 Å². The molecule has 0 radical (unpaired) electrons. The van der Waals surface area contributed by atoms with Gasteiger partial charge in [-0.15, -0.1) is 0 Å². The van der Waals surface area contributed by atoms with Crippen molar-refractivity contribution in [2.75, 3.05) is 6.54 Å². The largest absolute Gasteiger partial charge is 0.445 e. The van der Waals surface area contributed by atoms with Gasteiger partial charge in [-0.05, 0) is 64.3 Å². The molecule has 0 fully saturated rings. The summed E-state index contributed by atoms with van der Waals surface area (Å²) in [4.78, 5) is 37.0. The Morgan fingerprint density at radius 3 is 2.08 bits per heavy atom. The number of ether oxygens (including phenoxy) is 2. The van der Waals surface area contributed by atoms with Crippen molar-refractivity contribution < 1.29 is 23.9 Å². The van der Waals surface area contributed by atoms with E-state index >= 15 is 0 Å². The van der Waals surface area contributed by atoms with Gasteiger partial charge in [-0.2, -0.15) is 0 Å². The number of ketones is 1. The Morgan fingerprint density at radius 1 is 1.00 bits per heavy atom. The number of hydrogen-bond acceptors (Lipinski definition) is 6. The van der Waals surface area contributed by atoms with Crippen LogP contribution in [0, 0.1) is 0 Å². The smallest absolute Gasteiger partial charge is 0.412 e. The number of allylic oxidation sites excluding steroid dienone is 5. The van der Waals surface area contributed by atoms with Crippen LogP contribution in [-0.2, 0) is 20.9 Å². The van der Waals surface area contributed by atoms with E-state index in [9.17, 15) is 14.4 Å². The minimum absolute atomic E-state index is 0.0901. The highest BCUT2D eigenvalue weighted by atomic mass is 16.6. The summed E-state index contributed by atoms with van der Waals surface area (Å²) in [5.74, 6) is -0.349. The molecule has 8 nitrogen and oxygen atoms in total. The fourth-order valence-electron chi connectivity index (χ4n) is 2.56. The summed E-state index contributed by atoms with van der Waals surface area (Å²) in [5.41, 5.74) is 7.92. The molecule has 4 N–H and O–H groups in total. The van der Waals surface area contributed by atoms with Crippen molar-refractivity contribution in [3.05, 3.63) is 82.7 Å². The second-order valence-corrected chi connectivity index (χ2v) is 8.74. The Balaban J connectivity index is 0.00000596. The van der Waals surface area contributed by atoms with Gasteiger partial charge >= 0.3 is 12.2 Å². The number of rotatable bonds is 9. The molecule has 1 rings (SSSR count). The second-order valence-electron chi connectivity index (χ2n) is 8.74. The summed E-state index contributed by atoms with van der Waals surface area (Å²) < 4.78 is 10.4. The third kappa shape index (κ3) is 13.2. The number of carbonyl (C=O) groups excluding carboxylic acids is 3. The minimum atomic E-state index is -0.664. The maximum Gasteiger partial charge on any atom is 0.412 e. The molecule has 0 aromatic heterocycles. The Kier molecular flexibility index (Phi) is 14.3. The van der Waals surface area contributed by atoms with Gasteiger partial charge in [-0.25, -0.2) is 9.59 Å². The Bertz CT molecular complexity index is 996. The lowest BCUT2D eigenvalue weighted by molar-refractivity contribution is -0.112. The monoisotopic (exact) mass is 499 g/mol. The topological polar surface area (TPSA) is 120 Å². The molecule has 0 bridgehead atoms. The van der Waals surface area contributed by atoms with E-state index in [4.69, 9.17) is 15.2 Å². The highest BCUT2D eigenvalue weighted by molar-refractivity contribution is 6.08. The van der Waals surface area contributed by atoms with Crippen molar-refractivity contribution in [1.82, 2.24) is 10.6 Å². The van der Waals surface area contributed by atoms with Gasteiger partial charge in [-0.1, -0.05) is 56.8 Å². The van der Waals surface area contributed by atoms with Gasteiger partial charge in [0.15, 0.2) is 5.78 Å². The van der Waals surface area contributed by atoms with E-state index in [-0.39, 0.29) is 30.2 Å². The van der Waals surface area contributed by atoms with Gasteiger partial charge in [0.1, 0.15) is 12.2 Å². The summed E-state index contributed by atoms with van der Waals surface area (Å²) >= 11 is 0. The molecule has 8 heteroatoms. The number of carbonyl (C=O) groups is 3. The molecule has 198 valence electrons. The summed E-state index contributed by atoms with van der Waals surface area (Å²) in [6.45, 7) is 18.0. The summed E-state index contributed by atoms with van der Waals surface area (Å²) in [6, 6.07) is 9.24. The first-order valence-electron chi connectivity index (χ1n) is 11.8. The third-order valence-electron chi connectivity index (χ3n) is 4.33. The molecule has 1 aromatic carbocycles. The van der Waals surface area contributed by atoms with E-state index < -0.39 is 17.8 Å². The molecule has 36 heavy (non-hydrogen) atoms. The Morgan fingerprint density at radius 2 is 1.58 bits per heavy atom. The van der Waals surface area contributed by atoms with Crippen molar-refractivity contribution in [2.24, 2.45) is 5.73 Å². The number of nitrogens with one attached hydrogen (secondary N) is 2. The standard InChI is InChI=1S/C26H35N3O5.C2H6/c1-17(2)22(29-25(32)34-26(5,6)7)14-13-18(3)23(30)21(19(4)27)15-28-24(31)33-16-20-11-9-8-10-12-20;1-2/h8-14H,1,15-16,27H2,2-7H3,(H,28,31)(H,29,32);1-2H3/b18-13+,21-19-,22-14+;. The first kappa shape index (κ1) is 32.2. The predicted octanol–water partition coefficient (Wildman–Crippen LogP) is 5.67. The van der Waals surface area contributed by atoms with Crippen LogP contribution in [0.1, 0.15) is 61.0 Å². The number of amides is 2. The Labute approximate surface area is 215 Å². The van der Waals surface area contributed by atoms with Crippen LogP contribution in [0.3, 0.4) is 0 Å². The SMILES string of the molecule is C=C(C)/C(=C\C=C(/C)C(=O)/C(CNC(=O)OCc1ccccc1)=C(/C)N)NC(=O)OC(C)(C)C.CC. The molecule has 0 saturated heterocycles. The first-order chi connectivity index (χ1) is 16.8. The third-order valence-corrected chi connectivity index (χ3v) is 4.33. The molecule has 2 amide bonds. The molecular weight excluding hydrogens is 458 g/mol. The zero-order valence-electron chi connectivity index (χ0n) is 22.8. The van der Waals surface area contributed by atoms with Crippen molar-refractivity contribution in [2.45, 2.75) is 67.6 Å². The van der Waals surface area contributed by atoms with Crippen LogP contribution in [0.25, 0.3) is 0 Å². The van der Waals surface area contributed by atoms with Gasteiger partial charge in [-0.3, -0.25) is 10.1 Å². The van der Waals surface area contributed by atoms with Crippen LogP contribution < -0.4 is 16.4 Å². The number of nitrogens with two attached hydrogens (primary N) is 1. The van der Waals surface area contributed by atoms with Crippen molar-refractivity contribution in [3.63, 3.8) is 0 Å². The van der Waals surface area contributed by atoms with E-state index in [1.165, 1.54) is 0 Å². The highest BCUT2D eigenvalue weighted by Crippen LogP contribution is 2.12. The van der Waals surface area contributed by atoms with E-state index in [1.807, 2.05) is 44.2 Å². The molecule has 1 aromatic rings. The zero-order chi connectivity index (χ0) is 27.9. The van der Waals surface area contributed by atoms with Crippen LogP contribution >= 0.6 is 0 Å². The highest BCUT2D eigenvalue weighted by Gasteiger charge is 2.18. The number of Topliss-reactive ketones (excluding diaryl/α,β-unsaturated/α-hetero) is 1. The lowest BCUT2D eigenvalue weighted by Crippen LogP contribution is -2.32. The lowest BCUT2D eigenvalue weighted by atomic mass is 10.0. The van der Waals surface area contributed by atoms with E-state index in [2.05, 4.69) is 17.2 Å². The lowest BCUT2D eigenvalue weighted by Gasteiger charge is -2.20. The minimum Gasteiger partial charge on any atom is -0.445 e. The molecule has 0 saturated carbocycles. The predicted molar refractivity (Wildman–Crippen MR) is 144 cm³/mol. The normalized spacial score (nSPS) is 12.3. The quantitative estimate of drug-likeness (QED) is 0.297. The summed E-state index contributed by atoms with van der Waals surface area (Å²) in [6.07, 6.45) is 1.81. The van der Waals surface area contributed by atoms with Crippen LogP contribution in [0.5, 0.6) is 0 Å². The number of alkyl carbamates (subject to hydrolysis) is 2. The molecule has 0 heterocycles. The molecule has 0 aliphatic heterocycles. The molecule has 0 aliphatic carbocycles. The molecular formula is C28H41N3O5. The van der Waals surface area contributed by atoms with Crippen molar-refractivity contribution in [3.8, 4) is 0 Å². The molecule has 0 aliphatic rings. The zero-order valence-corrected chi connectivity index (χ0v) is 22.8. The van der Waals surface area contributed by atoms with Crippen LogP contribution in [0.2, 0.25) is 0 Å².